The molecule has 0 amide bonds. The van der Waals surface area contributed by atoms with Crippen molar-refractivity contribution in [2.24, 2.45) is 0 Å². The zero-order valence-corrected chi connectivity index (χ0v) is 13.8. The number of benzene rings is 3. The summed E-state index contributed by atoms with van der Waals surface area (Å²) < 4.78 is 10.7. The molecule has 25 heavy (non-hydrogen) atoms. The molecular weight excluding hydrogens is 315 g/mol. The highest BCUT2D eigenvalue weighted by molar-refractivity contribution is 6.34. The first-order valence-corrected chi connectivity index (χ1v) is 8.07. The second-order valence-corrected chi connectivity index (χ2v) is 5.56. The number of fused-ring (bicyclic) bond motifs is 2. The maximum atomic E-state index is 12.0. The Morgan fingerprint density at radius 1 is 0.680 bits per heavy atom. The summed E-state index contributed by atoms with van der Waals surface area (Å²) in [4.78, 5) is 24.0. The largest absolute Gasteiger partial charge is 0.456 e. The Bertz CT molecular complexity index is 1330. The van der Waals surface area contributed by atoms with Crippen molar-refractivity contribution in [3.05, 3.63) is 63.3 Å². The molecule has 0 saturated carbocycles. The molecule has 3 aromatic carbocycles. The molecule has 5 heteroatoms. The minimum Gasteiger partial charge on any atom is -0.456 e. The van der Waals surface area contributed by atoms with E-state index in [0.29, 0.717) is 32.8 Å². The molecule has 2 aromatic heterocycles. The normalized spacial score (nSPS) is 11.3. The van der Waals surface area contributed by atoms with Crippen LogP contribution in [0.5, 0.6) is 0 Å². The molecule has 0 fully saturated rings. The molecule has 0 aliphatic rings. The minimum atomic E-state index is -0.635. The number of hydrogen-bond acceptors (Lipinski definition) is 4. The Labute approximate surface area is 143 Å². The fourth-order valence-corrected chi connectivity index (χ4v) is 3.27. The lowest BCUT2D eigenvalue weighted by Gasteiger charge is -2.11. The van der Waals surface area contributed by atoms with Gasteiger partial charge in [-0.05, 0) is 29.7 Å². The van der Waals surface area contributed by atoms with Gasteiger partial charge in [-0.1, -0.05) is 37.5 Å². The van der Waals surface area contributed by atoms with Crippen molar-refractivity contribution in [3.63, 3.8) is 0 Å². The van der Waals surface area contributed by atoms with Crippen molar-refractivity contribution in [2.75, 3.05) is 0 Å². The van der Waals surface area contributed by atoms with Gasteiger partial charge in [0.25, 0.3) is 0 Å². The SMILES string of the molecule is CC.[B]c1ccc2oc3ccc4c(=O)oc(=O)c5ccc(c2c1)c3c45. The molecule has 2 radical (unpaired) electrons. The van der Waals surface area contributed by atoms with Gasteiger partial charge in [-0.3, -0.25) is 0 Å². The first-order valence-electron chi connectivity index (χ1n) is 8.07. The summed E-state index contributed by atoms with van der Waals surface area (Å²) in [6.07, 6.45) is 0. The van der Waals surface area contributed by atoms with Gasteiger partial charge in [0.2, 0.25) is 0 Å². The molecule has 0 bridgehead atoms. The van der Waals surface area contributed by atoms with E-state index in [1.807, 2.05) is 32.0 Å². The van der Waals surface area contributed by atoms with Crippen molar-refractivity contribution < 1.29 is 8.83 Å². The van der Waals surface area contributed by atoms with Crippen molar-refractivity contribution >= 4 is 56.8 Å². The molecule has 0 atom stereocenters. The highest BCUT2D eigenvalue weighted by atomic mass is 16.4. The lowest BCUT2D eigenvalue weighted by molar-refractivity contribution is 0.489. The quantitative estimate of drug-likeness (QED) is 0.248. The number of rotatable bonds is 0. The molecule has 5 rings (SSSR count). The fourth-order valence-electron chi connectivity index (χ4n) is 3.27. The Kier molecular flexibility index (Phi) is 3.39. The van der Waals surface area contributed by atoms with E-state index >= 15 is 0 Å². The van der Waals surface area contributed by atoms with Crippen molar-refractivity contribution in [1.82, 2.24) is 0 Å². The van der Waals surface area contributed by atoms with E-state index in [9.17, 15) is 9.59 Å². The summed E-state index contributed by atoms with van der Waals surface area (Å²) in [5.74, 6) is 0. The molecule has 2 heterocycles. The third-order valence-corrected chi connectivity index (χ3v) is 4.26. The fraction of sp³-hybridized carbons (Fsp3) is 0.100. The Hall–Kier alpha value is -3.08. The molecule has 5 aromatic rings. The highest BCUT2D eigenvalue weighted by Crippen LogP contribution is 2.36. The predicted octanol–water partition coefficient (Wildman–Crippen LogP) is 3.46. The van der Waals surface area contributed by atoms with Crippen molar-refractivity contribution in [2.45, 2.75) is 13.8 Å². The summed E-state index contributed by atoms with van der Waals surface area (Å²) in [6, 6.07) is 12.3. The molecule has 120 valence electrons. The van der Waals surface area contributed by atoms with Crippen LogP contribution < -0.4 is 16.7 Å². The van der Waals surface area contributed by atoms with Crippen LogP contribution in [0.2, 0.25) is 0 Å². The Morgan fingerprint density at radius 3 is 2.00 bits per heavy atom. The summed E-state index contributed by atoms with van der Waals surface area (Å²) in [7, 11) is 5.89. The zero-order chi connectivity index (χ0) is 17.7. The first-order chi connectivity index (χ1) is 12.1. The summed E-state index contributed by atoms with van der Waals surface area (Å²) in [6.45, 7) is 4.00. The van der Waals surface area contributed by atoms with Crippen molar-refractivity contribution in [1.29, 1.82) is 0 Å². The number of hydrogen-bond donors (Lipinski definition) is 0. The highest BCUT2D eigenvalue weighted by Gasteiger charge is 2.17. The van der Waals surface area contributed by atoms with Gasteiger partial charge in [-0.15, -0.1) is 0 Å². The zero-order valence-electron chi connectivity index (χ0n) is 13.8. The molecule has 0 aliphatic carbocycles. The van der Waals surface area contributed by atoms with Crippen LogP contribution in [0.3, 0.4) is 0 Å². The van der Waals surface area contributed by atoms with Gasteiger partial charge >= 0.3 is 11.3 Å². The van der Waals surface area contributed by atoms with E-state index in [0.717, 1.165) is 16.2 Å². The van der Waals surface area contributed by atoms with Crippen LogP contribution in [-0.2, 0) is 0 Å². The van der Waals surface area contributed by atoms with Gasteiger partial charge in [0.1, 0.15) is 19.0 Å². The van der Waals surface area contributed by atoms with E-state index in [1.54, 1.807) is 24.3 Å². The van der Waals surface area contributed by atoms with Crippen LogP contribution in [0, 0.1) is 0 Å². The van der Waals surface area contributed by atoms with Crippen LogP contribution >= 0.6 is 0 Å². The molecule has 0 spiro atoms. The third kappa shape index (κ3) is 2.09. The van der Waals surface area contributed by atoms with Crippen LogP contribution in [0.1, 0.15) is 13.8 Å². The van der Waals surface area contributed by atoms with Crippen LogP contribution in [0.25, 0.3) is 43.5 Å². The van der Waals surface area contributed by atoms with E-state index in [-0.39, 0.29) is 0 Å². The minimum absolute atomic E-state index is 0.371. The van der Waals surface area contributed by atoms with E-state index in [4.69, 9.17) is 16.7 Å². The second kappa shape index (κ2) is 5.48. The topological polar surface area (TPSA) is 60.4 Å². The predicted molar refractivity (Wildman–Crippen MR) is 101 cm³/mol. The molecule has 0 saturated heterocycles. The standard InChI is InChI=1S/C18H7BO4.C2H6/c19-8-1-5-13-12(7-8)9-2-3-10-15-11(18(21)23-17(10)20)4-6-14(22-13)16(9)15;1-2/h1-7H;1-2H3. The van der Waals surface area contributed by atoms with Gasteiger partial charge in [0, 0.05) is 16.2 Å². The molecule has 4 nitrogen and oxygen atoms in total. The Balaban J connectivity index is 0.000000758. The van der Waals surface area contributed by atoms with E-state index in [1.165, 1.54) is 0 Å². The lowest BCUT2D eigenvalue weighted by atomic mass is 9.92. The van der Waals surface area contributed by atoms with Gasteiger partial charge < -0.3 is 8.83 Å². The first kappa shape index (κ1) is 15.5. The Morgan fingerprint density at radius 2 is 1.28 bits per heavy atom. The molecule has 0 aliphatic heterocycles. The molecular formula is C20H13BO4. The second-order valence-electron chi connectivity index (χ2n) is 5.56. The van der Waals surface area contributed by atoms with Gasteiger partial charge in [-0.25, -0.2) is 9.59 Å². The average Bonchev–Trinajstić information content (AvgIpc) is 2.63. The van der Waals surface area contributed by atoms with E-state index < -0.39 is 11.3 Å². The van der Waals surface area contributed by atoms with Crippen LogP contribution in [-0.4, -0.2) is 7.85 Å². The summed E-state index contributed by atoms with van der Waals surface area (Å²) >= 11 is 0. The summed E-state index contributed by atoms with van der Waals surface area (Å²) in [5, 5.41) is 3.79. The summed E-state index contributed by atoms with van der Waals surface area (Å²) in [5.41, 5.74) is 0.653. The smallest absolute Gasteiger partial charge is 0.346 e. The van der Waals surface area contributed by atoms with Gasteiger partial charge in [0.05, 0.1) is 10.8 Å². The maximum absolute atomic E-state index is 12.0. The third-order valence-electron chi connectivity index (χ3n) is 4.26. The van der Waals surface area contributed by atoms with Crippen LogP contribution in [0.4, 0.5) is 0 Å². The monoisotopic (exact) mass is 328 g/mol. The van der Waals surface area contributed by atoms with Gasteiger partial charge in [-0.2, -0.15) is 0 Å². The molecule has 0 N–H and O–H groups in total. The van der Waals surface area contributed by atoms with Crippen LogP contribution in [0.15, 0.2) is 60.9 Å². The van der Waals surface area contributed by atoms with E-state index in [2.05, 4.69) is 0 Å². The molecule has 0 unspecified atom stereocenters. The maximum Gasteiger partial charge on any atom is 0.346 e. The van der Waals surface area contributed by atoms with Gasteiger partial charge in [0.15, 0.2) is 0 Å². The lowest BCUT2D eigenvalue weighted by Crippen LogP contribution is -2.12. The van der Waals surface area contributed by atoms with Crippen molar-refractivity contribution in [3.8, 4) is 0 Å². The average molecular weight is 328 g/mol.